The normalized spacial score (nSPS) is 12.3. The van der Waals surface area contributed by atoms with Crippen LogP contribution in [-0.4, -0.2) is 15.6 Å². The first kappa shape index (κ1) is 15.3. The Morgan fingerprint density at radius 1 is 1.11 bits per heavy atom. The Labute approximate surface area is 165 Å². The lowest BCUT2D eigenvalue weighted by molar-refractivity contribution is 0.262. The minimum atomic E-state index is -1.85. The zero-order chi connectivity index (χ0) is 21.3. The van der Waals surface area contributed by atoms with Crippen LogP contribution in [0.15, 0.2) is 73.1 Å². The van der Waals surface area contributed by atoms with Crippen LogP contribution in [0.5, 0.6) is 0 Å². The fourth-order valence-electron chi connectivity index (χ4n) is 3.02. The number of hydrogen-bond donors (Lipinski definition) is 3. The molecular formula is C22H21N5O. The van der Waals surface area contributed by atoms with Gasteiger partial charge in [-0.25, -0.2) is 9.78 Å². The van der Waals surface area contributed by atoms with E-state index in [1.807, 2.05) is 37.3 Å². The van der Waals surface area contributed by atoms with E-state index in [-0.39, 0.29) is 11.8 Å². The van der Waals surface area contributed by atoms with Crippen molar-refractivity contribution in [2.45, 2.75) is 13.4 Å². The molecule has 0 aliphatic heterocycles. The number of rotatable bonds is 4. The number of nitrogens with one attached hydrogen (secondary N) is 2. The van der Waals surface area contributed by atoms with Gasteiger partial charge in [0.05, 0.1) is 13.9 Å². The Balaban J connectivity index is 1.65. The average Bonchev–Trinajstić information content (AvgIpc) is 3.16. The summed E-state index contributed by atoms with van der Waals surface area (Å²) in [6.07, 6.45) is 3.14. The number of amides is 2. The fourth-order valence-corrected chi connectivity index (χ4v) is 3.02. The summed E-state index contributed by atoms with van der Waals surface area (Å²) in [5.74, 6) is 0.253. The van der Waals surface area contributed by atoms with Gasteiger partial charge in [-0.1, -0.05) is 24.3 Å². The second kappa shape index (κ2) is 7.44. The van der Waals surface area contributed by atoms with Gasteiger partial charge in [0.15, 0.2) is 0 Å². The Bertz CT molecular complexity index is 1240. The second-order valence-corrected chi connectivity index (χ2v) is 6.40. The highest BCUT2D eigenvalue weighted by atomic mass is 16.2. The Hall–Kier alpha value is -3.80. The van der Waals surface area contributed by atoms with Crippen molar-refractivity contribution >= 4 is 34.1 Å². The van der Waals surface area contributed by atoms with Crippen LogP contribution in [0.25, 0.3) is 10.9 Å². The molecule has 0 fully saturated rings. The van der Waals surface area contributed by atoms with E-state index in [0.29, 0.717) is 16.8 Å². The van der Waals surface area contributed by atoms with Crippen molar-refractivity contribution in [1.29, 1.82) is 0 Å². The third-order valence-corrected chi connectivity index (χ3v) is 4.41. The number of anilines is 3. The highest BCUT2D eigenvalue weighted by Gasteiger charge is 2.10. The number of hydrogen-bond acceptors (Lipinski definition) is 3. The van der Waals surface area contributed by atoms with Crippen molar-refractivity contribution in [2.75, 3.05) is 16.4 Å². The number of aromatic nitrogens is 2. The molecule has 0 aliphatic carbocycles. The summed E-state index contributed by atoms with van der Waals surface area (Å²) in [6, 6.07) is 17.4. The predicted octanol–water partition coefficient (Wildman–Crippen LogP) is 4.62. The van der Waals surface area contributed by atoms with E-state index < -0.39 is 6.50 Å². The van der Waals surface area contributed by atoms with E-state index in [2.05, 4.69) is 15.6 Å². The van der Waals surface area contributed by atoms with E-state index in [4.69, 9.17) is 8.48 Å². The maximum Gasteiger partial charge on any atom is 0.323 e. The van der Waals surface area contributed by atoms with E-state index in [1.165, 1.54) is 16.8 Å². The molecule has 4 aromatic rings. The maximum absolute atomic E-state index is 12.5. The molecule has 2 heterocycles. The summed E-state index contributed by atoms with van der Waals surface area (Å²) in [6.45, 7) is 0.0746. The lowest BCUT2D eigenvalue weighted by Gasteiger charge is -2.11. The SMILES string of the molecule is [2H]C([2H])(c1ccnc(N)c1)n1ccc2c(NC(=O)Nc3ccccc3C)cccc21. The first-order chi connectivity index (χ1) is 14.4. The highest BCUT2D eigenvalue weighted by molar-refractivity contribution is 6.06. The molecule has 140 valence electrons. The summed E-state index contributed by atoms with van der Waals surface area (Å²) in [7, 11) is 0. The number of nitrogens with zero attached hydrogens (tertiary/aromatic N) is 2. The molecular weight excluding hydrogens is 350 g/mol. The highest BCUT2D eigenvalue weighted by Crippen LogP contribution is 2.26. The number of nitrogens with two attached hydrogens (primary N) is 1. The first-order valence-corrected chi connectivity index (χ1v) is 8.82. The van der Waals surface area contributed by atoms with E-state index >= 15 is 0 Å². The number of benzene rings is 2. The van der Waals surface area contributed by atoms with Crippen molar-refractivity contribution in [3.05, 3.63) is 84.2 Å². The summed E-state index contributed by atoms with van der Waals surface area (Å²) in [4.78, 5) is 16.4. The molecule has 0 saturated heterocycles. The van der Waals surface area contributed by atoms with Gasteiger partial charge >= 0.3 is 6.03 Å². The van der Waals surface area contributed by atoms with Crippen LogP contribution in [-0.2, 0) is 6.50 Å². The minimum Gasteiger partial charge on any atom is -0.384 e. The van der Waals surface area contributed by atoms with Crippen LogP contribution in [0.4, 0.5) is 22.0 Å². The van der Waals surface area contributed by atoms with Crippen LogP contribution in [0, 0.1) is 6.92 Å². The summed E-state index contributed by atoms with van der Waals surface area (Å²) < 4.78 is 18.8. The van der Waals surface area contributed by atoms with Gasteiger partial charge in [-0.2, -0.15) is 0 Å². The van der Waals surface area contributed by atoms with Crippen molar-refractivity contribution in [2.24, 2.45) is 0 Å². The molecule has 0 atom stereocenters. The van der Waals surface area contributed by atoms with Crippen LogP contribution < -0.4 is 16.4 Å². The van der Waals surface area contributed by atoms with Crippen LogP contribution >= 0.6 is 0 Å². The number of carbonyl (C=O) groups excluding carboxylic acids is 1. The summed E-state index contributed by atoms with van der Waals surface area (Å²) in [5, 5.41) is 6.42. The molecule has 0 aliphatic rings. The average molecular weight is 373 g/mol. The minimum absolute atomic E-state index is 0.253. The van der Waals surface area contributed by atoms with Crippen molar-refractivity contribution in [1.82, 2.24) is 9.55 Å². The van der Waals surface area contributed by atoms with Crippen molar-refractivity contribution < 1.29 is 7.54 Å². The molecule has 4 rings (SSSR count). The van der Waals surface area contributed by atoms with Gasteiger partial charge < -0.3 is 20.9 Å². The number of carbonyl (C=O) groups is 1. The largest absolute Gasteiger partial charge is 0.384 e. The molecule has 0 radical (unpaired) electrons. The van der Waals surface area contributed by atoms with E-state index in [0.717, 1.165) is 16.6 Å². The lowest BCUT2D eigenvalue weighted by Crippen LogP contribution is -2.20. The fraction of sp³-hybridized carbons (Fsp3) is 0.0909. The molecule has 2 amide bonds. The monoisotopic (exact) mass is 373 g/mol. The maximum atomic E-state index is 12.5. The molecule has 2 aromatic heterocycles. The predicted molar refractivity (Wildman–Crippen MR) is 114 cm³/mol. The van der Waals surface area contributed by atoms with Gasteiger partial charge in [0.2, 0.25) is 0 Å². The smallest absolute Gasteiger partial charge is 0.323 e. The van der Waals surface area contributed by atoms with Gasteiger partial charge in [0.25, 0.3) is 0 Å². The quantitative estimate of drug-likeness (QED) is 0.488. The van der Waals surface area contributed by atoms with Gasteiger partial charge in [-0.3, -0.25) is 0 Å². The molecule has 6 heteroatoms. The van der Waals surface area contributed by atoms with E-state index in [9.17, 15) is 4.79 Å². The Morgan fingerprint density at radius 3 is 2.71 bits per heavy atom. The lowest BCUT2D eigenvalue weighted by atomic mass is 10.2. The molecule has 0 saturated carbocycles. The number of para-hydroxylation sites is 1. The number of fused-ring (bicyclic) bond motifs is 1. The van der Waals surface area contributed by atoms with Crippen LogP contribution in [0.3, 0.4) is 0 Å². The Kier molecular flexibility index (Phi) is 4.06. The van der Waals surface area contributed by atoms with Gasteiger partial charge in [0.1, 0.15) is 5.82 Å². The second-order valence-electron chi connectivity index (χ2n) is 6.40. The number of nitrogen functional groups attached to an aromatic ring is 1. The van der Waals surface area contributed by atoms with Gasteiger partial charge in [-0.05, 0) is 54.4 Å². The topological polar surface area (TPSA) is 85.0 Å². The van der Waals surface area contributed by atoms with Crippen molar-refractivity contribution in [3.63, 3.8) is 0 Å². The number of aryl methyl sites for hydroxylation is 1. The number of urea groups is 1. The zero-order valence-electron chi connectivity index (χ0n) is 17.3. The number of pyridine rings is 1. The third kappa shape index (κ3) is 3.66. The molecule has 0 spiro atoms. The molecule has 0 bridgehead atoms. The molecule has 6 nitrogen and oxygen atoms in total. The molecule has 2 aromatic carbocycles. The summed E-state index contributed by atoms with van der Waals surface area (Å²) in [5.41, 5.74) is 9.04. The van der Waals surface area contributed by atoms with Crippen LogP contribution in [0.1, 0.15) is 13.9 Å². The van der Waals surface area contributed by atoms with Gasteiger partial charge in [-0.15, -0.1) is 0 Å². The zero-order valence-corrected chi connectivity index (χ0v) is 15.3. The van der Waals surface area contributed by atoms with E-state index in [1.54, 1.807) is 30.5 Å². The molecule has 28 heavy (non-hydrogen) atoms. The Morgan fingerprint density at radius 2 is 1.89 bits per heavy atom. The standard InChI is InChI=1S/C22H21N5O/c1-15-5-2-3-6-18(15)25-22(28)26-19-7-4-8-20-17(19)10-12-27(20)14-16-9-11-24-21(23)13-16/h2-13H,14H2,1H3,(H2,23,24)(H2,25,26,28)/i14D2. The van der Waals surface area contributed by atoms with Gasteiger partial charge in [0, 0.05) is 30.0 Å². The third-order valence-electron chi connectivity index (χ3n) is 4.41. The van der Waals surface area contributed by atoms with Crippen LogP contribution in [0.2, 0.25) is 0 Å². The summed E-state index contributed by atoms with van der Waals surface area (Å²) >= 11 is 0. The molecule has 4 N–H and O–H groups in total. The molecule has 0 unspecified atom stereocenters. The first-order valence-electron chi connectivity index (χ1n) is 9.82. The van der Waals surface area contributed by atoms with Crippen molar-refractivity contribution in [3.8, 4) is 0 Å².